The van der Waals surface area contributed by atoms with Crippen LogP contribution in [0.4, 0.5) is 5.95 Å². The van der Waals surface area contributed by atoms with E-state index in [0.717, 1.165) is 47.3 Å². The molecule has 0 saturated heterocycles. The lowest BCUT2D eigenvalue weighted by atomic mass is 9.89. The van der Waals surface area contributed by atoms with Crippen molar-refractivity contribution < 1.29 is 4.74 Å². The highest BCUT2D eigenvalue weighted by molar-refractivity contribution is 5.83. The van der Waals surface area contributed by atoms with E-state index in [-0.39, 0.29) is 0 Å². The minimum atomic E-state index is 0.364. The lowest BCUT2D eigenvalue weighted by molar-refractivity contribution is 0.00283. The summed E-state index contributed by atoms with van der Waals surface area (Å²) in [5.41, 5.74) is 4.59. The summed E-state index contributed by atoms with van der Waals surface area (Å²) in [6.07, 6.45) is 7.93. The maximum Gasteiger partial charge on any atom is 0.241 e. The summed E-state index contributed by atoms with van der Waals surface area (Å²) in [4.78, 5) is 13.5. The molecule has 7 heteroatoms. The van der Waals surface area contributed by atoms with E-state index in [9.17, 15) is 0 Å². The van der Waals surface area contributed by atoms with Gasteiger partial charge >= 0.3 is 0 Å². The lowest BCUT2D eigenvalue weighted by Crippen LogP contribution is -2.41. The number of hydrogen-bond acceptors (Lipinski definition) is 6. The van der Waals surface area contributed by atoms with Gasteiger partial charge in [0, 0.05) is 30.6 Å². The van der Waals surface area contributed by atoms with Gasteiger partial charge < -0.3 is 10.1 Å². The Balaban J connectivity index is 1.40. The molecular weight excluding hydrogens is 340 g/mol. The Kier molecular flexibility index (Phi) is 3.94. The number of ether oxygens (including phenoxy) is 1. The SMILES string of the molecule is CCO[C@H]1C[C@H](Nc2ncc3c(-c4ccc5ncccc5n4)ccn3n2)C1. The van der Waals surface area contributed by atoms with Crippen molar-refractivity contribution in [3.63, 3.8) is 0 Å². The zero-order valence-corrected chi connectivity index (χ0v) is 15.0. The summed E-state index contributed by atoms with van der Waals surface area (Å²) >= 11 is 0. The van der Waals surface area contributed by atoms with Gasteiger partial charge in [0.2, 0.25) is 5.95 Å². The minimum absolute atomic E-state index is 0.364. The Morgan fingerprint density at radius 1 is 1.15 bits per heavy atom. The number of pyridine rings is 2. The Labute approximate surface area is 156 Å². The zero-order valence-electron chi connectivity index (χ0n) is 15.0. The normalized spacial score (nSPS) is 19.3. The summed E-state index contributed by atoms with van der Waals surface area (Å²) in [5, 5.41) is 7.98. The van der Waals surface area contributed by atoms with Crippen molar-refractivity contribution in [3.05, 3.63) is 48.9 Å². The van der Waals surface area contributed by atoms with Gasteiger partial charge in [-0.05, 0) is 50.1 Å². The molecule has 27 heavy (non-hydrogen) atoms. The molecule has 0 atom stereocenters. The molecule has 1 fully saturated rings. The van der Waals surface area contributed by atoms with E-state index in [4.69, 9.17) is 9.72 Å². The fraction of sp³-hybridized carbons (Fsp3) is 0.300. The Morgan fingerprint density at radius 2 is 2.07 bits per heavy atom. The van der Waals surface area contributed by atoms with Crippen LogP contribution in [-0.4, -0.2) is 43.3 Å². The molecule has 4 aromatic heterocycles. The summed E-state index contributed by atoms with van der Waals surface area (Å²) < 4.78 is 7.45. The first-order valence-electron chi connectivity index (χ1n) is 9.25. The van der Waals surface area contributed by atoms with Gasteiger partial charge in [-0.3, -0.25) is 4.98 Å². The van der Waals surface area contributed by atoms with Crippen molar-refractivity contribution in [1.29, 1.82) is 0 Å². The van der Waals surface area contributed by atoms with Gasteiger partial charge in [0.05, 0.1) is 34.5 Å². The van der Waals surface area contributed by atoms with Gasteiger partial charge in [0.15, 0.2) is 0 Å². The van der Waals surface area contributed by atoms with Crippen molar-refractivity contribution in [2.24, 2.45) is 0 Å². The molecule has 0 spiro atoms. The maximum absolute atomic E-state index is 5.60. The van der Waals surface area contributed by atoms with E-state index in [2.05, 4.69) is 20.4 Å². The first kappa shape index (κ1) is 16.1. The zero-order chi connectivity index (χ0) is 18.2. The van der Waals surface area contributed by atoms with E-state index in [0.29, 0.717) is 18.1 Å². The van der Waals surface area contributed by atoms with Crippen LogP contribution in [-0.2, 0) is 4.74 Å². The highest BCUT2D eigenvalue weighted by Crippen LogP contribution is 2.27. The predicted octanol–water partition coefficient (Wildman–Crippen LogP) is 3.32. The average molecular weight is 360 g/mol. The van der Waals surface area contributed by atoms with Crippen molar-refractivity contribution in [3.8, 4) is 11.3 Å². The molecule has 1 saturated carbocycles. The molecule has 4 aromatic rings. The Morgan fingerprint density at radius 3 is 2.96 bits per heavy atom. The van der Waals surface area contributed by atoms with E-state index in [1.54, 1.807) is 6.20 Å². The molecule has 0 radical (unpaired) electrons. The molecule has 1 aliphatic carbocycles. The second kappa shape index (κ2) is 6.59. The van der Waals surface area contributed by atoms with Crippen molar-refractivity contribution in [1.82, 2.24) is 24.6 Å². The monoisotopic (exact) mass is 360 g/mol. The van der Waals surface area contributed by atoms with Crippen molar-refractivity contribution in [2.45, 2.75) is 31.9 Å². The third-order valence-electron chi connectivity index (χ3n) is 4.98. The first-order chi connectivity index (χ1) is 13.3. The van der Waals surface area contributed by atoms with Gasteiger partial charge in [-0.1, -0.05) is 0 Å². The van der Waals surface area contributed by atoms with Crippen LogP contribution < -0.4 is 5.32 Å². The van der Waals surface area contributed by atoms with Crippen molar-refractivity contribution in [2.75, 3.05) is 11.9 Å². The van der Waals surface area contributed by atoms with Crippen LogP contribution in [0.3, 0.4) is 0 Å². The fourth-order valence-corrected chi connectivity index (χ4v) is 3.53. The highest BCUT2D eigenvalue weighted by Gasteiger charge is 2.30. The van der Waals surface area contributed by atoms with Crippen LogP contribution in [0, 0.1) is 0 Å². The van der Waals surface area contributed by atoms with Crippen LogP contribution >= 0.6 is 0 Å². The highest BCUT2D eigenvalue weighted by atomic mass is 16.5. The lowest BCUT2D eigenvalue weighted by Gasteiger charge is -2.35. The van der Waals surface area contributed by atoms with E-state index < -0.39 is 0 Å². The second-order valence-corrected chi connectivity index (χ2v) is 6.77. The van der Waals surface area contributed by atoms with E-state index in [1.807, 2.05) is 54.2 Å². The molecule has 1 aliphatic rings. The average Bonchev–Trinajstić information content (AvgIpc) is 3.09. The second-order valence-electron chi connectivity index (χ2n) is 6.77. The number of hydrogen-bond donors (Lipinski definition) is 1. The predicted molar refractivity (Wildman–Crippen MR) is 104 cm³/mol. The standard InChI is InChI=1S/C20H20N6O/c1-2-27-14-10-13(11-14)23-20-22-12-19-15(7-9-26(19)25-20)16-5-6-17-18(24-16)4-3-8-21-17/h3-9,12-14H,2,10-11H2,1H3,(H,23,25)/t13-,14-. The molecular formula is C20H20N6O. The summed E-state index contributed by atoms with van der Waals surface area (Å²) in [6, 6.07) is 10.2. The van der Waals surface area contributed by atoms with E-state index >= 15 is 0 Å². The quantitative estimate of drug-likeness (QED) is 0.588. The summed E-state index contributed by atoms with van der Waals surface area (Å²) in [5.74, 6) is 0.639. The van der Waals surface area contributed by atoms with Crippen LogP contribution in [0.15, 0.2) is 48.9 Å². The van der Waals surface area contributed by atoms with Crippen LogP contribution in [0.2, 0.25) is 0 Å². The fourth-order valence-electron chi connectivity index (χ4n) is 3.53. The molecule has 7 nitrogen and oxygen atoms in total. The number of rotatable bonds is 5. The number of nitrogens with one attached hydrogen (secondary N) is 1. The topological polar surface area (TPSA) is 77.2 Å². The number of aromatic nitrogens is 5. The number of nitrogens with zero attached hydrogens (tertiary/aromatic N) is 5. The maximum atomic E-state index is 5.60. The molecule has 136 valence electrons. The summed E-state index contributed by atoms with van der Waals surface area (Å²) in [7, 11) is 0. The molecule has 0 aliphatic heterocycles. The Hall–Kier alpha value is -3.06. The molecule has 0 aromatic carbocycles. The number of anilines is 1. The third kappa shape index (κ3) is 3.00. The molecule has 0 bridgehead atoms. The number of fused-ring (bicyclic) bond motifs is 2. The molecule has 1 N–H and O–H groups in total. The van der Waals surface area contributed by atoms with Gasteiger partial charge in [-0.15, -0.1) is 5.10 Å². The largest absolute Gasteiger partial charge is 0.378 e. The molecule has 4 heterocycles. The van der Waals surface area contributed by atoms with Crippen molar-refractivity contribution >= 4 is 22.5 Å². The van der Waals surface area contributed by atoms with Gasteiger partial charge in [0.25, 0.3) is 0 Å². The van der Waals surface area contributed by atoms with Gasteiger partial charge in [0.1, 0.15) is 0 Å². The first-order valence-corrected chi connectivity index (χ1v) is 9.25. The summed E-state index contributed by atoms with van der Waals surface area (Å²) in [6.45, 7) is 2.80. The smallest absolute Gasteiger partial charge is 0.241 e. The van der Waals surface area contributed by atoms with Crippen LogP contribution in [0.5, 0.6) is 0 Å². The molecule has 0 amide bonds. The molecule has 5 rings (SSSR count). The van der Waals surface area contributed by atoms with Crippen LogP contribution in [0.25, 0.3) is 27.8 Å². The van der Waals surface area contributed by atoms with Gasteiger partial charge in [-0.25, -0.2) is 14.5 Å². The third-order valence-corrected chi connectivity index (χ3v) is 4.98. The van der Waals surface area contributed by atoms with E-state index in [1.165, 1.54) is 0 Å². The van der Waals surface area contributed by atoms with Gasteiger partial charge in [-0.2, -0.15) is 0 Å². The Bertz CT molecular complexity index is 1100. The molecule has 0 unspecified atom stereocenters. The minimum Gasteiger partial charge on any atom is -0.378 e. The van der Waals surface area contributed by atoms with Crippen LogP contribution in [0.1, 0.15) is 19.8 Å².